The standard InChI is InChI=1S/2C9H10O3.Ti/c2*10-6-8(11)7-12-9-4-2-1-3-5-9;/h2*1-5,8H,6-7H2;/q2*-2;+4. The van der Waals surface area contributed by atoms with E-state index in [0.29, 0.717) is 11.5 Å². The molecule has 0 saturated heterocycles. The van der Waals surface area contributed by atoms with E-state index in [1.165, 1.54) is 0 Å². The Bertz CT molecular complexity index is 476. The summed E-state index contributed by atoms with van der Waals surface area (Å²) in [5.41, 5.74) is 0. The zero-order valence-corrected chi connectivity index (χ0v) is 15.3. The van der Waals surface area contributed by atoms with Crippen LogP contribution in [0.4, 0.5) is 0 Å². The molecule has 2 atom stereocenters. The quantitative estimate of drug-likeness (QED) is 0.505. The van der Waals surface area contributed by atoms with Crippen molar-refractivity contribution in [2.75, 3.05) is 26.4 Å². The summed E-state index contributed by atoms with van der Waals surface area (Å²) in [6.45, 7) is -1.36. The van der Waals surface area contributed by atoms with E-state index in [9.17, 15) is 20.4 Å². The Balaban J connectivity index is 0.000000443. The molecule has 2 unspecified atom stereocenters. The summed E-state index contributed by atoms with van der Waals surface area (Å²) in [7, 11) is 0. The van der Waals surface area contributed by atoms with E-state index in [0.717, 1.165) is 0 Å². The van der Waals surface area contributed by atoms with Crippen LogP contribution in [0.2, 0.25) is 0 Å². The minimum absolute atomic E-state index is 0. The van der Waals surface area contributed by atoms with Crippen LogP contribution < -0.4 is 29.9 Å². The molecule has 0 bridgehead atoms. The Labute approximate surface area is 162 Å². The monoisotopic (exact) mass is 380 g/mol. The molecule has 6 nitrogen and oxygen atoms in total. The van der Waals surface area contributed by atoms with E-state index in [-0.39, 0.29) is 34.9 Å². The van der Waals surface area contributed by atoms with Crippen molar-refractivity contribution in [2.45, 2.75) is 12.2 Å². The molecule has 7 heteroatoms. The van der Waals surface area contributed by atoms with Gasteiger partial charge >= 0.3 is 21.7 Å². The normalized spacial score (nSPS) is 12.0. The molecule has 0 fully saturated rings. The van der Waals surface area contributed by atoms with Gasteiger partial charge in [0.2, 0.25) is 0 Å². The summed E-state index contributed by atoms with van der Waals surface area (Å²) < 4.78 is 10.1. The van der Waals surface area contributed by atoms with E-state index in [1.807, 2.05) is 36.4 Å². The summed E-state index contributed by atoms with van der Waals surface area (Å²) >= 11 is 0. The van der Waals surface area contributed by atoms with Gasteiger partial charge in [0.25, 0.3) is 0 Å². The predicted molar refractivity (Wildman–Crippen MR) is 81.2 cm³/mol. The number of hydrogen-bond donors (Lipinski definition) is 0. The topological polar surface area (TPSA) is 111 Å². The minimum atomic E-state index is -1.16. The Hall–Kier alpha value is -1.41. The fourth-order valence-electron chi connectivity index (χ4n) is 1.51. The molecule has 0 heterocycles. The van der Waals surface area contributed by atoms with Gasteiger partial charge in [0.1, 0.15) is 11.5 Å². The molecule has 0 aliphatic heterocycles. The van der Waals surface area contributed by atoms with Crippen molar-refractivity contribution in [3.8, 4) is 11.5 Å². The van der Waals surface area contributed by atoms with Gasteiger partial charge in [-0.05, 0) is 24.3 Å². The molecule has 2 aromatic carbocycles. The summed E-state index contributed by atoms with van der Waals surface area (Å²) in [6.07, 6.45) is -2.32. The zero-order valence-electron chi connectivity index (χ0n) is 13.7. The SMILES string of the molecule is [O-]CC([O-])COc1ccccc1.[O-]CC([O-])COc1ccccc1.[Ti+4]. The van der Waals surface area contributed by atoms with Crippen molar-refractivity contribution in [3.63, 3.8) is 0 Å². The van der Waals surface area contributed by atoms with Crippen molar-refractivity contribution < 1.29 is 51.6 Å². The first-order valence-corrected chi connectivity index (χ1v) is 7.49. The first-order chi connectivity index (χ1) is 11.7. The van der Waals surface area contributed by atoms with Crippen LogP contribution in [-0.2, 0) is 21.7 Å². The molecule has 2 rings (SSSR count). The molecule has 2 aromatic rings. The van der Waals surface area contributed by atoms with Gasteiger partial charge in [0.15, 0.2) is 0 Å². The largest absolute Gasteiger partial charge is 4.00 e. The van der Waals surface area contributed by atoms with Gasteiger partial charge in [-0.15, -0.1) is 25.4 Å². The van der Waals surface area contributed by atoms with Gasteiger partial charge in [-0.1, -0.05) is 36.4 Å². The molecule has 0 amide bonds. The van der Waals surface area contributed by atoms with Crippen molar-refractivity contribution in [2.24, 2.45) is 0 Å². The van der Waals surface area contributed by atoms with E-state index in [4.69, 9.17) is 9.47 Å². The number of benzene rings is 2. The van der Waals surface area contributed by atoms with Crippen LogP contribution in [0.3, 0.4) is 0 Å². The summed E-state index contributed by atoms with van der Waals surface area (Å²) in [6, 6.07) is 18.0. The van der Waals surface area contributed by atoms with E-state index in [2.05, 4.69) is 0 Å². The van der Waals surface area contributed by atoms with Gasteiger partial charge in [-0.2, -0.15) is 0 Å². The van der Waals surface area contributed by atoms with E-state index >= 15 is 0 Å². The number of ether oxygens (including phenoxy) is 2. The number of rotatable bonds is 8. The molecular formula is C18H20O6Ti. The molecule has 132 valence electrons. The maximum Gasteiger partial charge on any atom is 4.00 e. The Morgan fingerprint density at radius 2 is 0.960 bits per heavy atom. The van der Waals surface area contributed by atoms with Gasteiger partial charge < -0.3 is 29.9 Å². The zero-order chi connectivity index (χ0) is 17.6. The molecule has 0 aliphatic rings. The molecule has 0 N–H and O–H groups in total. The fourth-order valence-corrected chi connectivity index (χ4v) is 1.51. The molecular weight excluding hydrogens is 360 g/mol. The Kier molecular flexibility index (Phi) is 14.1. The Morgan fingerprint density at radius 1 is 0.640 bits per heavy atom. The van der Waals surface area contributed by atoms with Gasteiger partial charge in [0, 0.05) is 0 Å². The molecule has 0 aromatic heterocycles. The summed E-state index contributed by atoms with van der Waals surface area (Å²) in [4.78, 5) is 0. The second-order valence-electron chi connectivity index (χ2n) is 4.83. The van der Waals surface area contributed by atoms with Crippen molar-refractivity contribution in [1.82, 2.24) is 0 Å². The van der Waals surface area contributed by atoms with Gasteiger partial charge in [-0.25, -0.2) is 0 Å². The van der Waals surface area contributed by atoms with Crippen LogP contribution in [0.15, 0.2) is 60.7 Å². The maximum absolute atomic E-state index is 10.6. The molecule has 0 spiro atoms. The van der Waals surface area contributed by atoms with Crippen LogP contribution in [0, 0.1) is 0 Å². The first-order valence-electron chi connectivity index (χ1n) is 7.49. The van der Waals surface area contributed by atoms with Gasteiger partial charge in [-0.3, -0.25) is 0 Å². The first kappa shape index (κ1) is 23.6. The van der Waals surface area contributed by atoms with Crippen molar-refractivity contribution >= 4 is 0 Å². The third kappa shape index (κ3) is 11.7. The maximum atomic E-state index is 10.6. The van der Waals surface area contributed by atoms with Crippen LogP contribution in [0.25, 0.3) is 0 Å². The van der Waals surface area contributed by atoms with Crippen LogP contribution in [0.1, 0.15) is 0 Å². The smallest absolute Gasteiger partial charge is 0.855 e. The van der Waals surface area contributed by atoms with Crippen LogP contribution in [-0.4, -0.2) is 38.6 Å². The minimum Gasteiger partial charge on any atom is -0.855 e. The Morgan fingerprint density at radius 3 is 1.24 bits per heavy atom. The second-order valence-corrected chi connectivity index (χ2v) is 4.83. The van der Waals surface area contributed by atoms with Crippen molar-refractivity contribution in [3.05, 3.63) is 60.7 Å². The molecule has 0 saturated carbocycles. The average Bonchev–Trinajstić information content (AvgIpc) is 2.66. The number of para-hydroxylation sites is 2. The number of hydrogen-bond acceptors (Lipinski definition) is 6. The van der Waals surface area contributed by atoms with E-state index < -0.39 is 25.4 Å². The summed E-state index contributed by atoms with van der Waals surface area (Å²) in [5.74, 6) is 1.26. The van der Waals surface area contributed by atoms with Crippen molar-refractivity contribution in [1.29, 1.82) is 0 Å². The summed E-state index contributed by atoms with van der Waals surface area (Å²) in [5, 5.41) is 41.4. The fraction of sp³-hybridized carbons (Fsp3) is 0.333. The molecule has 0 aliphatic carbocycles. The van der Waals surface area contributed by atoms with Crippen LogP contribution in [0.5, 0.6) is 11.5 Å². The van der Waals surface area contributed by atoms with E-state index in [1.54, 1.807) is 24.3 Å². The molecule has 0 radical (unpaired) electrons. The van der Waals surface area contributed by atoms with Gasteiger partial charge in [0.05, 0.1) is 13.2 Å². The molecule has 25 heavy (non-hydrogen) atoms. The average molecular weight is 380 g/mol. The third-order valence-electron chi connectivity index (χ3n) is 2.73. The third-order valence-corrected chi connectivity index (χ3v) is 2.73. The second kappa shape index (κ2) is 14.9. The predicted octanol–water partition coefficient (Wildman–Crippen LogP) is -1.69. The van der Waals surface area contributed by atoms with Crippen LogP contribution >= 0.6 is 0 Å².